The number of nitrogens with one attached hydrogen (secondary N) is 2. The molecule has 1 unspecified atom stereocenters. The Kier molecular flexibility index (Phi) is 9.36. The van der Waals surface area contributed by atoms with Crippen LogP contribution < -0.4 is 10.6 Å². The van der Waals surface area contributed by atoms with Crippen molar-refractivity contribution in [3.63, 3.8) is 0 Å². The molecule has 0 aliphatic carbocycles. The second kappa shape index (κ2) is 11.0. The maximum atomic E-state index is 4.30. The largest absolute Gasteiger partial charge is 0.356 e. The molecule has 132 valence electrons. The average Bonchev–Trinajstić information content (AvgIpc) is 3.07. The van der Waals surface area contributed by atoms with Gasteiger partial charge < -0.3 is 15.2 Å². The molecular formula is C17H27IN6. The number of aryl methyl sites for hydroxylation is 2. The molecule has 2 rings (SSSR count). The SMILES string of the molecule is CN=C(NCCCCn1cnnc1)NC(C)c1ccccc1C.I. The third-order valence-corrected chi connectivity index (χ3v) is 3.83. The minimum absolute atomic E-state index is 0. The molecule has 0 spiro atoms. The Morgan fingerprint density at radius 1 is 1.21 bits per heavy atom. The van der Waals surface area contributed by atoms with E-state index in [1.165, 1.54) is 11.1 Å². The number of hydrogen-bond donors (Lipinski definition) is 2. The standard InChI is InChI=1S/C17H26N6.HI/c1-14-8-4-5-9-16(14)15(2)22-17(18-3)19-10-6-7-11-23-12-20-21-13-23;/h4-5,8-9,12-13,15H,6-7,10-11H2,1-3H3,(H2,18,19,22);1H. The van der Waals surface area contributed by atoms with Gasteiger partial charge in [0.25, 0.3) is 0 Å². The van der Waals surface area contributed by atoms with E-state index in [0.29, 0.717) is 0 Å². The van der Waals surface area contributed by atoms with E-state index < -0.39 is 0 Å². The van der Waals surface area contributed by atoms with Gasteiger partial charge in [0.2, 0.25) is 0 Å². The molecule has 0 bridgehead atoms. The van der Waals surface area contributed by atoms with E-state index in [1.807, 2.05) is 4.57 Å². The van der Waals surface area contributed by atoms with Crippen LogP contribution in [-0.2, 0) is 6.54 Å². The molecule has 2 aromatic rings. The van der Waals surface area contributed by atoms with Gasteiger partial charge in [0.05, 0.1) is 6.04 Å². The smallest absolute Gasteiger partial charge is 0.191 e. The van der Waals surface area contributed by atoms with Crippen molar-refractivity contribution in [2.24, 2.45) is 4.99 Å². The fourth-order valence-electron chi connectivity index (χ4n) is 2.51. The molecule has 0 amide bonds. The van der Waals surface area contributed by atoms with E-state index in [2.05, 4.69) is 63.9 Å². The molecule has 1 atom stereocenters. The Hall–Kier alpha value is -1.64. The van der Waals surface area contributed by atoms with E-state index in [4.69, 9.17) is 0 Å². The van der Waals surface area contributed by atoms with Crippen molar-refractivity contribution in [2.45, 2.75) is 39.3 Å². The monoisotopic (exact) mass is 442 g/mol. The first kappa shape index (κ1) is 20.4. The maximum Gasteiger partial charge on any atom is 0.191 e. The minimum Gasteiger partial charge on any atom is -0.356 e. The second-order valence-corrected chi connectivity index (χ2v) is 5.63. The van der Waals surface area contributed by atoms with Gasteiger partial charge in [-0.25, -0.2) is 0 Å². The van der Waals surface area contributed by atoms with Gasteiger partial charge in [0.15, 0.2) is 5.96 Å². The van der Waals surface area contributed by atoms with Crippen molar-refractivity contribution in [3.05, 3.63) is 48.0 Å². The Labute approximate surface area is 161 Å². The Morgan fingerprint density at radius 2 is 1.92 bits per heavy atom. The lowest BCUT2D eigenvalue weighted by Crippen LogP contribution is -2.39. The van der Waals surface area contributed by atoms with Crippen molar-refractivity contribution >= 4 is 29.9 Å². The van der Waals surface area contributed by atoms with Gasteiger partial charge in [-0.3, -0.25) is 4.99 Å². The summed E-state index contributed by atoms with van der Waals surface area (Å²) in [6.45, 7) is 6.12. The number of halogens is 1. The molecule has 0 aliphatic rings. The average molecular weight is 442 g/mol. The van der Waals surface area contributed by atoms with Crippen LogP contribution in [0.5, 0.6) is 0 Å². The number of aliphatic imine (C=N–C) groups is 1. The number of unbranched alkanes of at least 4 members (excludes halogenated alkanes) is 1. The van der Waals surface area contributed by atoms with Crippen LogP contribution in [0, 0.1) is 6.92 Å². The molecule has 0 fully saturated rings. The van der Waals surface area contributed by atoms with Gasteiger partial charge in [-0.05, 0) is 37.8 Å². The highest BCUT2D eigenvalue weighted by atomic mass is 127. The fraction of sp³-hybridized carbons (Fsp3) is 0.471. The predicted molar refractivity (Wildman–Crippen MR) is 109 cm³/mol. The molecule has 0 saturated carbocycles. The highest BCUT2D eigenvalue weighted by molar-refractivity contribution is 14.0. The molecule has 1 heterocycles. The summed E-state index contributed by atoms with van der Waals surface area (Å²) in [5, 5.41) is 14.4. The third kappa shape index (κ3) is 6.46. The van der Waals surface area contributed by atoms with Gasteiger partial charge in [0, 0.05) is 20.1 Å². The summed E-state index contributed by atoms with van der Waals surface area (Å²) in [4.78, 5) is 4.30. The molecule has 24 heavy (non-hydrogen) atoms. The summed E-state index contributed by atoms with van der Waals surface area (Å²) < 4.78 is 1.99. The number of hydrogen-bond acceptors (Lipinski definition) is 3. The van der Waals surface area contributed by atoms with Crippen LogP contribution in [0.3, 0.4) is 0 Å². The summed E-state index contributed by atoms with van der Waals surface area (Å²) in [6.07, 6.45) is 5.64. The predicted octanol–water partition coefficient (Wildman–Crippen LogP) is 2.91. The molecule has 0 radical (unpaired) electrons. The van der Waals surface area contributed by atoms with Crippen LogP contribution in [0.15, 0.2) is 41.9 Å². The van der Waals surface area contributed by atoms with Gasteiger partial charge in [-0.15, -0.1) is 34.2 Å². The van der Waals surface area contributed by atoms with Gasteiger partial charge in [-0.2, -0.15) is 0 Å². The zero-order valence-corrected chi connectivity index (χ0v) is 16.9. The van der Waals surface area contributed by atoms with Crippen molar-refractivity contribution in [3.8, 4) is 0 Å². The van der Waals surface area contributed by atoms with Crippen LogP contribution >= 0.6 is 24.0 Å². The van der Waals surface area contributed by atoms with Crippen LogP contribution in [0.1, 0.15) is 36.9 Å². The van der Waals surface area contributed by atoms with Crippen LogP contribution in [0.2, 0.25) is 0 Å². The van der Waals surface area contributed by atoms with Crippen molar-refractivity contribution in [1.29, 1.82) is 0 Å². The first-order valence-corrected chi connectivity index (χ1v) is 8.06. The normalized spacial score (nSPS) is 12.4. The highest BCUT2D eigenvalue weighted by Gasteiger charge is 2.09. The Balaban J connectivity index is 0.00000288. The first-order valence-electron chi connectivity index (χ1n) is 8.06. The van der Waals surface area contributed by atoms with E-state index >= 15 is 0 Å². The van der Waals surface area contributed by atoms with E-state index in [-0.39, 0.29) is 30.0 Å². The summed E-state index contributed by atoms with van der Waals surface area (Å²) in [6, 6.07) is 8.64. The van der Waals surface area contributed by atoms with Crippen LogP contribution in [0.4, 0.5) is 0 Å². The Bertz CT molecular complexity index is 611. The molecule has 2 N–H and O–H groups in total. The lowest BCUT2D eigenvalue weighted by Gasteiger charge is -2.19. The van der Waals surface area contributed by atoms with Gasteiger partial charge in [0.1, 0.15) is 12.7 Å². The number of aromatic nitrogens is 3. The third-order valence-electron chi connectivity index (χ3n) is 3.83. The van der Waals surface area contributed by atoms with Crippen molar-refractivity contribution < 1.29 is 0 Å². The first-order chi connectivity index (χ1) is 11.2. The van der Waals surface area contributed by atoms with Crippen LogP contribution in [0.25, 0.3) is 0 Å². The summed E-state index contributed by atoms with van der Waals surface area (Å²) in [5.41, 5.74) is 2.58. The lowest BCUT2D eigenvalue weighted by atomic mass is 10.0. The topological polar surface area (TPSA) is 67.1 Å². The maximum absolute atomic E-state index is 4.30. The van der Waals surface area contributed by atoms with Crippen LogP contribution in [-0.4, -0.2) is 34.3 Å². The van der Waals surface area contributed by atoms with Gasteiger partial charge in [-0.1, -0.05) is 24.3 Å². The number of guanidine groups is 1. The molecule has 6 nitrogen and oxygen atoms in total. The summed E-state index contributed by atoms with van der Waals surface area (Å²) >= 11 is 0. The molecular weight excluding hydrogens is 415 g/mol. The van der Waals surface area contributed by atoms with Crippen molar-refractivity contribution in [1.82, 2.24) is 25.4 Å². The van der Waals surface area contributed by atoms with E-state index in [0.717, 1.165) is 31.9 Å². The van der Waals surface area contributed by atoms with E-state index in [1.54, 1.807) is 19.7 Å². The molecule has 0 aliphatic heterocycles. The lowest BCUT2D eigenvalue weighted by molar-refractivity contribution is 0.593. The molecule has 0 saturated heterocycles. The number of nitrogens with zero attached hydrogens (tertiary/aromatic N) is 4. The fourth-order valence-corrected chi connectivity index (χ4v) is 2.51. The summed E-state index contributed by atoms with van der Waals surface area (Å²) in [7, 11) is 1.80. The zero-order chi connectivity index (χ0) is 16.5. The molecule has 1 aromatic heterocycles. The zero-order valence-electron chi connectivity index (χ0n) is 14.6. The second-order valence-electron chi connectivity index (χ2n) is 5.63. The molecule has 1 aromatic carbocycles. The van der Waals surface area contributed by atoms with E-state index in [9.17, 15) is 0 Å². The number of benzene rings is 1. The summed E-state index contributed by atoms with van der Waals surface area (Å²) in [5.74, 6) is 0.838. The van der Waals surface area contributed by atoms with Gasteiger partial charge >= 0.3 is 0 Å². The minimum atomic E-state index is 0. The Morgan fingerprint density at radius 3 is 2.58 bits per heavy atom. The van der Waals surface area contributed by atoms with Crippen molar-refractivity contribution in [2.75, 3.05) is 13.6 Å². The highest BCUT2D eigenvalue weighted by Crippen LogP contribution is 2.16. The quantitative estimate of drug-likeness (QED) is 0.300. The molecule has 7 heteroatoms. The number of rotatable bonds is 7.